The molecule has 1 atom stereocenters. The molecule has 2 aliphatic rings. The number of nitrogens with zero attached hydrogens (tertiary/aromatic N) is 3. The number of H-pyrrole nitrogens is 1. The Labute approximate surface area is 207 Å². The van der Waals surface area contributed by atoms with E-state index in [2.05, 4.69) is 15.0 Å². The second-order valence-corrected chi connectivity index (χ2v) is 9.87. The van der Waals surface area contributed by atoms with Gasteiger partial charge in [0.2, 0.25) is 0 Å². The lowest BCUT2D eigenvalue weighted by molar-refractivity contribution is -0.142. The molecule has 3 aromatic heterocycles. The van der Waals surface area contributed by atoms with Crippen LogP contribution in [0.3, 0.4) is 0 Å². The number of pyridine rings is 2. The molecule has 6 rings (SSSR count). The van der Waals surface area contributed by atoms with Gasteiger partial charge in [-0.15, -0.1) is 0 Å². The number of piperidine rings is 1. The number of likely N-dealkylation sites (tertiary alicyclic amines) is 1. The van der Waals surface area contributed by atoms with Crippen molar-refractivity contribution in [3.63, 3.8) is 0 Å². The van der Waals surface area contributed by atoms with E-state index in [1.807, 2.05) is 47.5 Å². The van der Waals surface area contributed by atoms with Crippen LogP contribution in [0.4, 0.5) is 0 Å². The predicted octanol–water partition coefficient (Wildman–Crippen LogP) is 4.18. The van der Waals surface area contributed by atoms with Gasteiger partial charge in [0.1, 0.15) is 11.4 Å². The van der Waals surface area contributed by atoms with Crippen molar-refractivity contribution in [2.24, 2.45) is 0 Å². The quantitative estimate of drug-likeness (QED) is 0.449. The molecule has 0 spiro atoms. The molecule has 0 unspecified atom stereocenters. The first kappa shape index (κ1) is 22.1. The molecule has 2 N–H and O–H groups in total. The molecule has 2 aliphatic heterocycles. The number of carbonyl (C=O) groups is 1. The number of ether oxygens (including phenoxy) is 1. The zero-order valence-corrected chi connectivity index (χ0v) is 19.8. The van der Waals surface area contributed by atoms with Crippen molar-refractivity contribution in [3.8, 4) is 16.9 Å². The van der Waals surface area contributed by atoms with Crippen molar-refractivity contribution in [2.45, 2.75) is 37.4 Å². The Balaban J connectivity index is 1.19. The Morgan fingerprint density at radius 1 is 1.20 bits per heavy atom. The van der Waals surface area contributed by atoms with E-state index in [1.165, 1.54) is 0 Å². The second kappa shape index (κ2) is 8.66. The fourth-order valence-electron chi connectivity index (χ4n) is 5.26. The van der Waals surface area contributed by atoms with E-state index < -0.39 is 11.7 Å². The van der Waals surface area contributed by atoms with Crippen molar-refractivity contribution < 1.29 is 14.6 Å². The van der Waals surface area contributed by atoms with Crippen molar-refractivity contribution >= 4 is 28.5 Å². The molecule has 178 valence electrons. The van der Waals surface area contributed by atoms with Crippen molar-refractivity contribution in [2.75, 3.05) is 13.1 Å². The summed E-state index contributed by atoms with van der Waals surface area (Å²) in [5, 5.41) is 12.7. The van der Waals surface area contributed by atoms with Crippen LogP contribution in [0.1, 0.15) is 24.0 Å². The van der Waals surface area contributed by atoms with Crippen molar-refractivity contribution in [3.05, 3.63) is 77.3 Å². The van der Waals surface area contributed by atoms with E-state index >= 15 is 0 Å². The van der Waals surface area contributed by atoms with Gasteiger partial charge in [-0.3, -0.25) is 9.78 Å². The highest BCUT2D eigenvalue weighted by Crippen LogP contribution is 2.43. The van der Waals surface area contributed by atoms with E-state index in [0.29, 0.717) is 49.5 Å². The number of amides is 1. The number of rotatable bonds is 4. The smallest absolute Gasteiger partial charge is 0.263 e. The number of benzene rings is 1. The number of halogens is 1. The summed E-state index contributed by atoms with van der Waals surface area (Å²) in [5.41, 5.74) is 3.70. The van der Waals surface area contributed by atoms with Crippen LogP contribution < -0.4 is 4.74 Å². The third-order valence-corrected chi connectivity index (χ3v) is 7.30. The van der Waals surface area contributed by atoms with Crippen LogP contribution in [-0.2, 0) is 17.6 Å². The van der Waals surface area contributed by atoms with Crippen LogP contribution in [0.25, 0.3) is 22.2 Å². The number of hydrogen-bond donors (Lipinski definition) is 2. The van der Waals surface area contributed by atoms with Gasteiger partial charge in [0.05, 0.1) is 5.60 Å². The van der Waals surface area contributed by atoms with Crippen LogP contribution in [-0.4, -0.2) is 55.7 Å². The molecule has 0 saturated carbocycles. The van der Waals surface area contributed by atoms with Crippen LogP contribution in [0.2, 0.25) is 5.02 Å². The van der Waals surface area contributed by atoms with Gasteiger partial charge in [-0.05, 0) is 54.3 Å². The molecule has 8 heteroatoms. The average Bonchev–Trinajstić information content (AvgIpc) is 3.51. The molecule has 5 heterocycles. The first-order valence-corrected chi connectivity index (χ1v) is 12.2. The fraction of sp³-hybridized carbons (Fsp3) is 0.296. The zero-order valence-electron chi connectivity index (χ0n) is 19.1. The van der Waals surface area contributed by atoms with E-state index in [4.69, 9.17) is 16.3 Å². The van der Waals surface area contributed by atoms with Gasteiger partial charge in [0.15, 0.2) is 6.10 Å². The SMILES string of the molecule is O=C([C@@H]1Cc2cc(Cl)cc(-c3ccnc4[nH]ccc34)c2O1)N1CCC(O)(Cc2cccnc2)CC1. The largest absolute Gasteiger partial charge is 0.479 e. The van der Waals surface area contributed by atoms with E-state index in [0.717, 1.165) is 33.3 Å². The number of aliphatic hydroxyl groups is 1. The first-order valence-electron chi connectivity index (χ1n) is 11.8. The Morgan fingerprint density at radius 2 is 2.06 bits per heavy atom. The molecule has 0 bridgehead atoms. The van der Waals surface area contributed by atoms with Gasteiger partial charge >= 0.3 is 0 Å². The molecule has 0 aliphatic carbocycles. The third-order valence-electron chi connectivity index (χ3n) is 7.08. The summed E-state index contributed by atoms with van der Waals surface area (Å²) in [6.45, 7) is 0.988. The number of nitrogens with one attached hydrogen (secondary N) is 1. The minimum absolute atomic E-state index is 0.0479. The van der Waals surface area contributed by atoms with Crippen molar-refractivity contribution in [1.29, 1.82) is 0 Å². The highest BCUT2D eigenvalue weighted by atomic mass is 35.5. The number of aromatic nitrogens is 3. The van der Waals surface area contributed by atoms with E-state index in [1.54, 1.807) is 18.6 Å². The number of carbonyl (C=O) groups excluding carboxylic acids is 1. The lowest BCUT2D eigenvalue weighted by Crippen LogP contribution is -2.51. The summed E-state index contributed by atoms with van der Waals surface area (Å²) in [6.07, 6.45) is 8.56. The average molecular weight is 489 g/mol. The third kappa shape index (κ3) is 4.15. The minimum Gasteiger partial charge on any atom is -0.479 e. The number of aromatic amines is 1. The summed E-state index contributed by atoms with van der Waals surface area (Å²) < 4.78 is 6.28. The Bertz CT molecular complexity index is 1400. The number of fused-ring (bicyclic) bond motifs is 2. The van der Waals surface area contributed by atoms with Gasteiger partial charge in [0.25, 0.3) is 5.91 Å². The maximum Gasteiger partial charge on any atom is 0.263 e. The standard InChI is InChI=1S/C27H25ClN4O3/c28-19-12-18-13-23(35-24(18)22(14-19)20-3-8-30-25-21(20)4-9-31-25)26(33)32-10-5-27(34,6-11-32)15-17-2-1-7-29-16-17/h1-4,7-9,12,14,16,23,34H,5-6,10-11,13,15H2,(H,30,31)/t23-/m0/s1. The molecule has 1 amide bonds. The molecule has 7 nitrogen and oxygen atoms in total. The predicted molar refractivity (Wildman–Crippen MR) is 133 cm³/mol. The van der Waals surface area contributed by atoms with Crippen LogP contribution in [0, 0.1) is 0 Å². The zero-order chi connectivity index (χ0) is 24.0. The maximum atomic E-state index is 13.4. The molecule has 1 saturated heterocycles. The molecule has 1 aromatic carbocycles. The second-order valence-electron chi connectivity index (χ2n) is 9.44. The van der Waals surface area contributed by atoms with Crippen LogP contribution >= 0.6 is 11.6 Å². The van der Waals surface area contributed by atoms with Gasteiger partial charge in [-0.25, -0.2) is 4.98 Å². The van der Waals surface area contributed by atoms with Gasteiger partial charge in [-0.1, -0.05) is 17.7 Å². The summed E-state index contributed by atoms with van der Waals surface area (Å²) in [7, 11) is 0. The Morgan fingerprint density at radius 3 is 2.86 bits per heavy atom. The Hall–Kier alpha value is -3.42. The molecular formula is C27H25ClN4O3. The van der Waals surface area contributed by atoms with Crippen LogP contribution in [0.15, 0.2) is 61.2 Å². The highest BCUT2D eigenvalue weighted by molar-refractivity contribution is 6.31. The molecule has 0 radical (unpaired) electrons. The Kier molecular flexibility index (Phi) is 5.46. The van der Waals surface area contributed by atoms with E-state index in [-0.39, 0.29) is 5.91 Å². The minimum atomic E-state index is -0.830. The maximum absolute atomic E-state index is 13.4. The van der Waals surface area contributed by atoms with E-state index in [9.17, 15) is 9.90 Å². The molecule has 1 fully saturated rings. The molecule has 35 heavy (non-hydrogen) atoms. The molecular weight excluding hydrogens is 464 g/mol. The summed E-state index contributed by atoms with van der Waals surface area (Å²) in [4.78, 5) is 26.9. The van der Waals surface area contributed by atoms with Gasteiger partial charge in [0, 0.05) is 72.3 Å². The van der Waals surface area contributed by atoms with Gasteiger partial charge < -0.3 is 19.7 Å². The monoisotopic (exact) mass is 488 g/mol. The lowest BCUT2D eigenvalue weighted by atomic mass is 9.85. The fourth-order valence-corrected chi connectivity index (χ4v) is 5.51. The topological polar surface area (TPSA) is 91.3 Å². The van der Waals surface area contributed by atoms with Crippen LogP contribution in [0.5, 0.6) is 5.75 Å². The normalized spacial score (nSPS) is 18.9. The van der Waals surface area contributed by atoms with Crippen molar-refractivity contribution in [1.82, 2.24) is 19.9 Å². The lowest BCUT2D eigenvalue weighted by Gasteiger charge is -2.39. The first-order chi connectivity index (χ1) is 17.0. The summed E-state index contributed by atoms with van der Waals surface area (Å²) in [6, 6.07) is 11.5. The highest BCUT2D eigenvalue weighted by Gasteiger charge is 2.39. The number of hydrogen-bond acceptors (Lipinski definition) is 5. The van der Waals surface area contributed by atoms with Gasteiger partial charge in [-0.2, -0.15) is 0 Å². The summed E-state index contributed by atoms with van der Waals surface area (Å²) in [5.74, 6) is 0.653. The molecule has 4 aromatic rings. The summed E-state index contributed by atoms with van der Waals surface area (Å²) >= 11 is 6.47.